The predicted molar refractivity (Wildman–Crippen MR) is 90.1 cm³/mol. The van der Waals surface area contributed by atoms with Crippen LogP contribution in [0, 0.1) is 0 Å². The molecule has 0 aromatic heterocycles. The maximum Gasteiger partial charge on any atom is 0.262 e. The molecule has 1 aromatic carbocycles. The molecule has 2 heterocycles. The van der Waals surface area contributed by atoms with Crippen molar-refractivity contribution in [3.8, 4) is 0 Å². The van der Waals surface area contributed by atoms with E-state index in [1.165, 1.54) is 0 Å². The van der Waals surface area contributed by atoms with Crippen molar-refractivity contribution >= 4 is 29.3 Å². The molecule has 0 spiro atoms. The average Bonchev–Trinajstić information content (AvgIpc) is 2.84. The SMILES string of the molecule is CNC(C)CNc1ccc2c(c1)C(=O)N(C1CCC(=O)NC1=O)C2=O. The first-order valence-corrected chi connectivity index (χ1v) is 8.19. The Labute approximate surface area is 144 Å². The highest BCUT2D eigenvalue weighted by Gasteiger charge is 2.44. The molecule has 3 N–H and O–H groups in total. The lowest BCUT2D eigenvalue weighted by atomic mass is 10.0. The van der Waals surface area contributed by atoms with E-state index in [4.69, 9.17) is 0 Å². The fourth-order valence-electron chi connectivity index (χ4n) is 2.95. The van der Waals surface area contributed by atoms with E-state index in [9.17, 15) is 19.2 Å². The molecule has 0 bridgehead atoms. The summed E-state index contributed by atoms with van der Waals surface area (Å²) >= 11 is 0. The zero-order valence-electron chi connectivity index (χ0n) is 14.1. The molecule has 2 unspecified atom stereocenters. The van der Waals surface area contributed by atoms with Crippen LogP contribution in [0.1, 0.15) is 40.5 Å². The standard InChI is InChI=1S/C17H20N4O4/c1-9(18-2)8-19-10-3-4-11-12(7-10)17(25)21(16(11)24)13-5-6-14(22)20-15(13)23/h3-4,7,9,13,18-19H,5-6,8H2,1-2H3,(H,20,22,23). The van der Waals surface area contributed by atoms with Gasteiger partial charge in [0.1, 0.15) is 6.04 Å². The number of nitrogens with one attached hydrogen (secondary N) is 3. The zero-order valence-corrected chi connectivity index (χ0v) is 14.1. The number of rotatable bonds is 5. The smallest absolute Gasteiger partial charge is 0.262 e. The molecule has 1 saturated heterocycles. The number of piperidine rings is 1. The van der Waals surface area contributed by atoms with Crippen molar-refractivity contribution in [2.75, 3.05) is 18.9 Å². The third kappa shape index (κ3) is 3.12. The van der Waals surface area contributed by atoms with Gasteiger partial charge in [-0.2, -0.15) is 0 Å². The van der Waals surface area contributed by atoms with E-state index in [1.807, 2.05) is 14.0 Å². The van der Waals surface area contributed by atoms with Crippen molar-refractivity contribution in [3.63, 3.8) is 0 Å². The third-order valence-corrected chi connectivity index (χ3v) is 4.54. The first-order valence-electron chi connectivity index (χ1n) is 8.19. The van der Waals surface area contributed by atoms with Gasteiger partial charge in [0.2, 0.25) is 11.8 Å². The number of hydrogen-bond acceptors (Lipinski definition) is 6. The number of carbonyl (C=O) groups excluding carboxylic acids is 4. The van der Waals surface area contributed by atoms with Crippen molar-refractivity contribution in [1.29, 1.82) is 0 Å². The summed E-state index contributed by atoms with van der Waals surface area (Å²) in [6.07, 6.45) is 0.263. The maximum absolute atomic E-state index is 12.7. The molecule has 25 heavy (non-hydrogen) atoms. The van der Waals surface area contributed by atoms with Crippen LogP contribution in [0.3, 0.4) is 0 Å². The highest BCUT2D eigenvalue weighted by Crippen LogP contribution is 2.29. The molecule has 2 atom stereocenters. The van der Waals surface area contributed by atoms with Gasteiger partial charge in [0.15, 0.2) is 0 Å². The fraction of sp³-hybridized carbons (Fsp3) is 0.412. The van der Waals surface area contributed by atoms with Crippen LogP contribution >= 0.6 is 0 Å². The number of benzene rings is 1. The fourth-order valence-corrected chi connectivity index (χ4v) is 2.95. The van der Waals surface area contributed by atoms with Gasteiger partial charge in [-0.15, -0.1) is 0 Å². The molecule has 8 heteroatoms. The zero-order chi connectivity index (χ0) is 18.1. The molecule has 4 amide bonds. The highest BCUT2D eigenvalue weighted by atomic mass is 16.2. The topological polar surface area (TPSA) is 108 Å². The molecule has 132 valence electrons. The average molecular weight is 344 g/mol. The number of amides is 4. The number of imide groups is 2. The summed E-state index contributed by atoms with van der Waals surface area (Å²) in [5, 5.41) is 8.48. The normalized spacial score (nSPS) is 21.2. The third-order valence-electron chi connectivity index (χ3n) is 4.54. The van der Waals surface area contributed by atoms with Gasteiger partial charge in [-0.25, -0.2) is 0 Å². The molecule has 0 saturated carbocycles. The largest absolute Gasteiger partial charge is 0.383 e. The number of nitrogens with zero attached hydrogens (tertiary/aromatic N) is 1. The summed E-state index contributed by atoms with van der Waals surface area (Å²) < 4.78 is 0. The Hall–Kier alpha value is -2.74. The van der Waals surface area contributed by atoms with Crippen LogP contribution in [-0.2, 0) is 9.59 Å². The van der Waals surface area contributed by atoms with Crippen LogP contribution in [0.15, 0.2) is 18.2 Å². The number of likely N-dealkylation sites (N-methyl/N-ethyl adjacent to an activating group) is 1. The van der Waals surface area contributed by atoms with Crippen molar-refractivity contribution in [3.05, 3.63) is 29.3 Å². The van der Waals surface area contributed by atoms with E-state index in [2.05, 4.69) is 16.0 Å². The molecule has 8 nitrogen and oxygen atoms in total. The van der Waals surface area contributed by atoms with Crippen LogP contribution in [0.5, 0.6) is 0 Å². The van der Waals surface area contributed by atoms with Gasteiger partial charge in [0.25, 0.3) is 11.8 Å². The minimum atomic E-state index is -0.939. The molecule has 2 aliphatic heterocycles. The van der Waals surface area contributed by atoms with Crippen molar-refractivity contribution in [2.24, 2.45) is 0 Å². The lowest BCUT2D eigenvalue weighted by Gasteiger charge is -2.27. The van der Waals surface area contributed by atoms with E-state index < -0.39 is 23.8 Å². The number of anilines is 1. The van der Waals surface area contributed by atoms with Gasteiger partial charge in [-0.3, -0.25) is 29.4 Å². The number of hydrogen-bond donors (Lipinski definition) is 3. The minimum absolute atomic E-state index is 0.110. The van der Waals surface area contributed by atoms with Gasteiger partial charge in [0, 0.05) is 24.7 Å². The van der Waals surface area contributed by atoms with Crippen LogP contribution < -0.4 is 16.0 Å². The number of fused-ring (bicyclic) bond motifs is 1. The van der Waals surface area contributed by atoms with Crippen LogP contribution in [-0.4, -0.2) is 54.2 Å². The van der Waals surface area contributed by atoms with Gasteiger partial charge < -0.3 is 10.6 Å². The Morgan fingerprint density at radius 2 is 1.92 bits per heavy atom. The van der Waals surface area contributed by atoms with Crippen LogP contribution in [0.2, 0.25) is 0 Å². The Morgan fingerprint density at radius 1 is 1.20 bits per heavy atom. The van der Waals surface area contributed by atoms with Gasteiger partial charge in [0.05, 0.1) is 11.1 Å². The van der Waals surface area contributed by atoms with Crippen molar-refractivity contribution in [2.45, 2.75) is 31.8 Å². The first-order chi connectivity index (χ1) is 11.9. The Kier molecular flexibility index (Phi) is 4.54. The van der Waals surface area contributed by atoms with Crippen LogP contribution in [0.25, 0.3) is 0 Å². The van der Waals surface area contributed by atoms with Crippen LogP contribution in [0.4, 0.5) is 5.69 Å². The van der Waals surface area contributed by atoms with E-state index >= 15 is 0 Å². The van der Waals surface area contributed by atoms with Gasteiger partial charge in [-0.1, -0.05) is 0 Å². The summed E-state index contributed by atoms with van der Waals surface area (Å²) in [5.41, 5.74) is 1.28. The quantitative estimate of drug-likeness (QED) is 0.654. The molecular formula is C17H20N4O4. The first kappa shape index (κ1) is 17.1. The Bertz CT molecular complexity index is 761. The second-order valence-electron chi connectivity index (χ2n) is 6.28. The number of carbonyl (C=O) groups is 4. The summed E-state index contributed by atoms with van der Waals surface area (Å²) in [7, 11) is 1.86. The van der Waals surface area contributed by atoms with Crippen molar-refractivity contribution in [1.82, 2.24) is 15.5 Å². The molecule has 1 aromatic rings. The molecule has 0 aliphatic carbocycles. The molecule has 0 radical (unpaired) electrons. The van der Waals surface area contributed by atoms with Gasteiger partial charge in [-0.05, 0) is 38.6 Å². The summed E-state index contributed by atoms with van der Waals surface area (Å²) in [6.45, 7) is 2.67. The monoisotopic (exact) mass is 344 g/mol. The molecular weight excluding hydrogens is 324 g/mol. The van der Waals surface area contributed by atoms with E-state index in [0.717, 1.165) is 10.6 Å². The van der Waals surface area contributed by atoms with E-state index in [-0.39, 0.29) is 35.9 Å². The predicted octanol–water partition coefficient (Wildman–Crippen LogP) is 0.108. The second-order valence-corrected chi connectivity index (χ2v) is 6.28. The lowest BCUT2D eigenvalue weighted by Crippen LogP contribution is -2.54. The molecule has 3 rings (SSSR count). The summed E-state index contributed by atoms with van der Waals surface area (Å²) in [6, 6.07) is 4.26. The van der Waals surface area contributed by atoms with E-state index in [1.54, 1.807) is 18.2 Å². The van der Waals surface area contributed by atoms with Crippen molar-refractivity contribution < 1.29 is 19.2 Å². The maximum atomic E-state index is 12.7. The summed E-state index contributed by atoms with van der Waals surface area (Å²) in [5.74, 6) is -1.99. The van der Waals surface area contributed by atoms with E-state index in [0.29, 0.717) is 6.54 Å². The minimum Gasteiger partial charge on any atom is -0.383 e. The lowest BCUT2D eigenvalue weighted by molar-refractivity contribution is -0.136. The van der Waals surface area contributed by atoms with Gasteiger partial charge >= 0.3 is 0 Å². The highest BCUT2D eigenvalue weighted by molar-refractivity contribution is 6.23. The second kappa shape index (κ2) is 6.64. The molecule has 1 fully saturated rings. The molecule has 2 aliphatic rings. The summed E-state index contributed by atoms with van der Waals surface area (Å²) in [4.78, 5) is 49.5. The Morgan fingerprint density at radius 3 is 2.60 bits per heavy atom. The Balaban J connectivity index is 1.82.